The highest BCUT2D eigenvalue weighted by Crippen LogP contribution is 1.91. The Morgan fingerprint density at radius 2 is 2.50 bits per heavy atom. The summed E-state index contributed by atoms with van der Waals surface area (Å²) in [6.45, 7) is 0. The first-order chi connectivity index (χ1) is 3.79. The number of nitrogens with zero attached hydrogens (tertiary/aromatic N) is 3. The summed E-state index contributed by atoms with van der Waals surface area (Å²) in [5, 5.41) is 7.71. The van der Waals surface area contributed by atoms with Gasteiger partial charge in [-0.25, -0.2) is 5.84 Å². The van der Waals surface area contributed by atoms with E-state index >= 15 is 0 Å². The van der Waals surface area contributed by atoms with Gasteiger partial charge in [-0.1, -0.05) is 0 Å². The predicted octanol–water partition coefficient (Wildman–Crippen LogP) is -1.19. The van der Waals surface area contributed by atoms with Gasteiger partial charge >= 0.3 is 0 Å². The van der Waals surface area contributed by atoms with Crippen LogP contribution in [0.1, 0.15) is 0 Å². The maximum absolute atomic E-state index is 5.15. The summed E-state index contributed by atoms with van der Waals surface area (Å²) in [7, 11) is 0. The lowest BCUT2D eigenvalue weighted by Gasteiger charge is -2.12. The fourth-order valence-corrected chi connectivity index (χ4v) is 0.287. The summed E-state index contributed by atoms with van der Waals surface area (Å²) in [6.07, 6.45) is 1.44. The van der Waals surface area contributed by atoms with Crippen LogP contribution in [0.3, 0.4) is 0 Å². The van der Waals surface area contributed by atoms with Crippen LogP contribution in [-0.4, -0.2) is 5.23 Å². The summed E-state index contributed by atoms with van der Waals surface area (Å²) >= 11 is 0. The third-order valence-electron chi connectivity index (χ3n) is 0.601. The van der Waals surface area contributed by atoms with Crippen molar-refractivity contribution in [3.8, 4) is 0 Å². The predicted molar refractivity (Wildman–Crippen MR) is 26.3 cm³/mol. The molecule has 0 bridgehead atoms. The average molecular weight is 114 g/mol. The van der Waals surface area contributed by atoms with E-state index in [4.69, 9.17) is 11.6 Å². The molecule has 5 N–H and O–H groups in total. The number of hydrogen-bond acceptors (Lipinski definition) is 6. The summed E-state index contributed by atoms with van der Waals surface area (Å²) in [5.41, 5.74) is 7.65. The van der Waals surface area contributed by atoms with Crippen LogP contribution in [0.4, 0.5) is 0 Å². The van der Waals surface area contributed by atoms with E-state index in [0.717, 1.165) is 5.23 Å². The zero-order chi connectivity index (χ0) is 5.98. The van der Waals surface area contributed by atoms with Crippen molar-refractivity contribution < 1.29 is 0 Å². The van der Waals surface area contributed by atoms with E-state index in [9.17, 15) is 0 Å². The third kappa shape index (κ3) is 0.850. The fraction of sp³-hybridized carbons (Fsp3) is 0. The number of hydrazine groups is 2. The molecule has 0 aromatic carbocycles. The maximum atomic E-state index is 5.15. The zero-order valence-corrected chi connectivity index (χ0v) is 4.07. The van der Waals surface area contributed by atoms with Crippen LogP contribution in [0, 0.1) is 0 Å². The molecule has 6 nitrogen and oxygen atoms in total. The second-order valence-electron chi connectivity index (χ2n) is 1.23. The maximum Gasteiger partial charge on any atom is 0.165 e. The lowest BCUT2D eigenvalue weighted by Crippen LogP contribution is -2.37. The SMILES string of the molecule is NC1=CNN(N)N=N1. The van der Waals surface area contributed by atoms with E-state index in [2.05, 4.69) is 15.8 Å². The Morgan fingerprint density at radius 3 is 2.88 bits per heavy atom. The van der Waals surface area contributed by atoms with Crippen LogP contribution < -0.4 is 17.0 Å². The van der Waals surface area contributed by atoms with Crippen molar-refractivity contribution in [2.45, 2.75) is 0 Å². The van der Waals surface area contributed by atoms with Crippen LogP contribution in [0.2, 0.25) is 0 Å². The van der Waals surface area contributed by atoms with E-state index in [1.165, 1.54) is 6.20 Å². The van der Waals surface area contributed by atoms with Crippen LogP contribution in [0.15, 0.2) is 22.4 Å². The van der Waals surface area contributed by atoms with Gasteiger partial charge in [0.2, 0.25) is 0 Å². The van der Waals surface area contributed by atoms with Gasteiger partial charge in [0.15, 0.2) is 5.82 Å². The van der Waals surface area contributed by atoms with Crippen molar-refractivity contribution in [3.05, 3.63) is 12.0 Å². The molecule has 0 aromatic heterocycles. The van der Waals surface area contributed by atoms with Gasteiger partial charge in [0.05, 0.1) is 6.20 Å². The van der Waals surface area contributed by atoms with Crippen LogP contribution in [-0.2, 0) is 0 Å². The van der Waals surface area contributed by atoms with E-state index in [0.29, 0.717) is 5.82 Å². The molecule has 0 spiro atoms. The zero-order valence-electron chi connectivity index (χ0n) is 4.07. The summed E-state index contributed by atoms with van der Waals surface area (Å²) in [4.78, 5) is 0. The molecule has 0 saturated carbocycles. The minimum Gasteiger partial charge on any atom is -0.381 e. The molecule has 0 saturated heterocycles. The van der Waals surface area contributed by atoms with Gasteiger partial charge in [0.1, 0.15) is 0 Å². The first-order valence-corrected chi connectivity index (χ1v) is 1.97. The van der Waals surface area contributed by atoms with E-state index in [-0.39, 0.29) is 0 Å². The molecular formula is C2H6N6. The van der Waals surface area contributed by atoms with E-state index in [1.54, 1.807) is 0 Å². The second kappa shape index (κ2) is 1.66. The molecule has 44 valence electrons. The summed E-state index contributed by atoms with van der Waals surface area (Å²) in [5.74, 6) is 5.37. The molecule has 8 heavy (non-hydrogen) atoms. The van der Waals surface area contributed by atoms with Crippen molar-refractivity contribution in [1.82, 2.24) is 10.7 Å². The molecular weight excluding hydrogens is 108 g/mol. The molecule has 1 aliphatic heterocycles. The highest BCUT2D eigenvalue weighted by Gasteiger charge is 1.94. The van der Waals surface area contributed by atoms with Crippen molar-refractivity contribution in [1.29, 1.82) is 0 Å². The van der Waals surface area contributed by atoms with Crippen LogP contribution in [0.25, 0.3) is 0 Å². The largest absolute Gasteiger partial charge is 0.381 e. The quantitative estimate of drug-likeness (QED) is 0.345. The Labute approximate surface area is 45.8 Å². The molecule has 0 amide bonds. The number of hydrogen-bond donors (Lipinski definition) is 3. The highest BCUT2D eigenvalue weighted by molar-refractivity contribution is 4.91. The van der Waals surface area contributed by atoms with Gasteiger partial charge in [-0.15, -0.1) is 10.3 Å². The molecule has 1 rings (SSSR count). The van der Waals surface area contributed by atoms with E-state index in [1.807, 2.05) is 0 Å². The summed E-state index contributed by atoms with van der Waals surface area (Å²) < 4.78 is 0. The topological polar surface area (TPSA) is 92.0 Å². The molecule has 1 heterocycles. The van der Waals surface area contributed by atoms with Gasteiger partial charge in [-0.2, -0.15) is 0 Å². The Kier molecular flexibility index (Phi) is 1.01. The second-order valence-corrected chi connectivity index (χ2v) is 1.23. The van der Waals surface area contributed by atoms with Gasteiger partial charge in [-0.05, 0) is 5.22 Å². The summed E-state index contributed by atoms with van der Waals surface area (Å²) in [6, 6.07) is 0. The van der Waals surface area contributed by atoms with Crippen LogP contribution in [0.5, 0.6) is 0 Å². The van der Waals surface area contributed by atoms with Gasteiger partial charge in [-0.3, -0.25) is 5.43 Å². The lowest BCUT2D eigenvalue weighted by molar-refractivity contribution is 0.210. The molecule has 0 fully saturated rings. The van der Waals surface area contributed by atoms with Crippen molar-refractivity contribution >= 4 is 0 Å². The lowest BCUT2D eigenvalue weighted by atomic mass is 10.8. The first kappa shape index (κ1) is 4.85. The van der Waals surface area contributed by atoms with Gasteiger partial charge < -0.3 is 5.73 Å². The molecule has 0 aliphatic carbocycles. The molecule has 1 aliphatic rings. The molecule has 0 aromatic rings. The van der Waals surface area contributed by atoms with Crippen LogP contribution >= 0.6 is 0 Å². The molecule has 6 heteroatoms. The first-order valence-electron chi connectivity index (χ1n) is 1.97. The monoisotopic (exact) mass is 114 g/mol. The number of rotatable bonds is 0. The Balaban J connectivity index is 2.58. The number of nitrogens with one attached hydrogen (secondary N) is 1. The fourth-order valence-electron chi connectivity index (χ4n) is 0.287. The Morgan fingerprint density at radius 1 is 1.75 bits per heavy atom. The molecule has 0 unspecified atom stereocenters. The average Bonchev–Trinajstić information content (AvgIpc) is 1.77. The third-order valence-corrected chi connectivity index (χ3v) is 0.601. The van der Waals surface area contributed by atoms with Crippen molar-refractivity contribution in [2.75, 3.05) is 0 Å². The van der Waals surface area contributed by atoms with Gasteiger partial charge in [0, 0.05) is 0 Å². The minimum atomic E-state index is 0.312. The van der Waals surface area contributed by atoms with Crippen molar-refractivity contribution in [3.63, 3.8) is 0 Å². The Hall–Kier alpha value is -1.30. The molecule has 0 radical (unpaired) electrons. The number of nitrogens with two attached hydrogens (primary N) is 2. The Bertz CT molecular complexity index is 135. The molecule has 0 atom stereocenters. The van der Waals surface area contributed by atoms with E-state index < -0.39 is 0 Å². The highest BCUT2D eigenvalue weighted by atomic mass is 15.9. The smallest absolute Gasteiger partial charge is 0.165 e. The van der Waals surface area contributed by atoms with Crippen molar-refractivity contribution in [2.24, 2.45) is 21.9 Å². The minimum absolute atomic E-state index is 0.312. The standard InChI is InChI=1S/C2H6N6/c3-2-1-5-8(4)7-6-2/h1,5H,3-4H2. The van der Waals surface area contributed by atoms with Gasteiger partial charge in [0.25, 0.3) is 0 Å². The normalized spacial score (nSPS) is 17.6.